The summed E-state index contributed by atoms with van der Waals surface area (Å²) in [5, 5.41) is 5.34. The van der Waals surface area contributed by atoms with Crippen molar-refractivity contribution in [3.8, 4) is 0 Å². The molecule has 1 fully saturated rings. The molecule has 2 rings (SSSR count). The summed E-state index contributed by atoms with van der Waals surface area (Å²) in [5.74, 6) is 0. The Balaban J connectivity index is 1.69. The fourth-order valence-corrected chi connectivity index (χ4v) is 2.93. The first kappa shape index (κ1) is 12.6. The van der Waals surface area contributed by atoms with Crippen molar-refractivity contribution >= 4 is 27.3 Å². The Labute approximate surface area is 110 Å². The topological polar surface area (TPSA) is 12.5 Å². The lowest BCUT2D eigenvalue weighted by Crippen LogP contribution is -2.36. The largest absolute Gasteiger partial charge is 0.377 e. The maximum atomic E-state index is 5.74. The van der Waals surface area contributed by atoms with E-state index >= 15 is 0 Å². The van der Waals surface area contributed by atoms with Crippen molar-refractivity contribution in [2.45, 2.75) is 25.5 Å². The van der Waals surface area contributed by atoms with Gasteiger partial charge in [-0.1, -0.05) is 15.9 Å². The molecule has 0 amide bonds. The van der Waals surface area contributed by atoms with Crippen LogP contribution in [0.4, 0.5) is 0 Å². The molecule has 4 heteroatoms. The van der Waals surface area contributed by atoms with Crippen LogP contribution in [0.15, 0.2) is 16.8 Å². The molecule has 1 aromatic heterocycles. The highest BCUT2D eigenvalue weighted by Gasteiger charge is 2.19. The summed E-state index contributed by atoms with van der Waals surface area (Å²) in [6.45, 7) is 4.29. The summed E-state index contributed by atoms with van der Waals surface area (Å²) in [4.78, 5) is 2.52. The molecule has 1 aliphatic heterocycles. The SMILES string of the molecule is BrCCOC1CCN(Cc2ccsc2)CC1. The summed E-state index contributed by atoms with van der Waals surface area (Å²) in [7, 11) is 0. The third-order valence-corrected chi connectivity index (χ3v) is 4.01. The molecule has 0 saturated carbocycles. The van der Waals surface area contributed by atoms with Gasteiger partial charge in [0.15, 0.2) is 0 Å². The second-order valence-corrected chi connectivity index (χ2v) is 5.74. The zero-order valence-electron chi connectivity index (χ0n) is 9.40. The molecule has 0 atom stereocenters. The van der Waals surface area contributed by atoms with Crippen LogP contribution in [0, 0.1) is 0 Å². The van der Waals surface area contributed by atoms with Gasteiger partial charge in [-0.3, -0.25) is 4.90 Å². The van der Waals surface area contributed by atoms with Gasteiger partial charge in [-0.05, 0) is 35.2 Å². The summed E-state index contributed by atoms with van der Waals surface area (Å²) in [6, 6.07) is 2.22. The predicted octanol–water partition coefficient (Wildman–Crippen LogP) is 3.12. The number of nitrogens with zero attached hydrogens (tertiary/aromatic N) is 1. The van der Waals surface area contributed by atoms with Gasteiger partial charge in [0.25, 0.3) is 0 Å². The van der Waals surface area contributed by atoms with Gasteiger partial charge in [-0.15, -0.1) is 0 Å². The molecule has 0 bridgehead atoms. The van der Waals surface area contributed by atoms with Crippen LogP contribution in [0.25, 0.3) is 0 Å². The van der Waals surface area contributed by atoms with Gasteiger partial charge in [0.1, 0.15) is 0 Å². The zero-order chi connectivity index (χ0) is 11.2. The first-order chi connectivity index (χ1) is 7.88. The van der Waals surface area contributed by atoms with Crippen LogP contribution in [0.3, 0.4) is 0 Å². The first-order valence-electron chi connectivity index (χ1n) is 5.79. The molecule has 16 heavy (non-hydrogen) atoms. The van der Waals surface area contributed by atoms with Gasteiger partial charge in [-0.25, -0.2) is 0 Å². The van der Waals surface area contributed by atoms with E-state index in [0.29, 0.717) is 6.10 Å². The quantitative estimate of drug-likeness (QED) is 0.775. The molecule has 1 saturated heterocycles. The first-order valence-corrected chi connectivity index (χ1v) is 7.86. The lowest BCUT2D eigenvalue weighted by Gasteiger charge is -2.31. The third kappa shape index (κ3) is 3.84. The van der Waals surface area contributed by atoms with E-state index in [9.17, 15) is 0 Å². The molecule has 0 N–H and O–H groups in total. The Morgan fingerprint density at radius 1 is 1.44 bits per heavy atom. The Morgan fingerprint density at radius 2 is 2.25 bits per heavy atom. The Hall–Kier alpha value is 0.100. The molecule has 0 spiro atoms. The van der Waals surface area contributed by atoms with Crippen molar-refractivity contribution in [3.63, 3.8) is 0 Å². The molecule has 0 aliphatic carbocycles. The molecule has 0 aromatic carbocycles. The normalized spacial score (nSPS) is 19.1. The number of alkyl halides is 1. The maximum absolute atomic E-state index is 5.74. The molecule has 1 aliphatic rings. The van der Waals surface area contributed by atoms with Gasteiger partial charge in [-0.2, -0.15) is 11.3 Å². The molecule has 0 radical (unpaired) electrons. The molecular weight excluding hydrogens is 286 g/mol. The molecule has 2 nitrogen and oxygen atoms in total. The highest BCUT2D eigenvalue weighted by atomic mass is 79.9. The van der Waals surface area contributed by atoms with E-state index in [1.54, 1.807) is 11.3 Å². The smallest absolute Gasteiger partial charge is 0.0599 e. The van der Waals surface area contributed by atoms with Gasteiger partial charge in [0.05, 0.1) is 12.7 Å². The lowest BCUT2D eigenvalue weighted by atomic mass is 10.1. The fourth-order valence-electron chi connectivity index (χ4n) is 2.09. The van der Waals surface area contributed by atoms with Crippen molar-refractivity contribution in [2.24, 2.45) is 0 Å². The number of likely N-dealkylation sites (tertiary alicyclic amines) is 1. The van der Waals surface area contributed by atoms with Crippen molar-refractivity contribution < 1.29 is 4.74 Å². The van der Waals surface area contributed by atoms with Crippen molar-refractivity contribution in [3.05, 3.63) is 22.4 Å². The van der Waals surface area contributed by atoms with Gasteiger partial charge in [0.2, 0.25) is 0 Å². The second-order valence-electron chi connectivity index (χ2n) is 4.17. The molecule has 0 unspecified atom stereocenters. The van der Waals surface area contributed by atoms with Crippen LogP contribution in [-0.2, 0) is 11.3 Å². The highest BCUT2D eigenvalue weighted by molar-refractivity contribution is 9.09. The van der Waals surface area contributed by atoms with E-state index in [0.717, 1.165) is 18.5 Å². The number of halogens is 1. The lowest BCUT2D eigenvalue weighted by molar-refractivity contribution is 0.0142. The number of rotatable bonds is 5. The van der Waals surface area contributed by atoms with Crippen LogP contribution in [0.2, 0.25) is 0 Å². The molecule has 1 aromatic rings. The standard InChI is InChI=1S/C12H18BrNOS/c13-4-7-15-12-1-5-14(6-2-12)9-11-3-8-16-10-11/h3,8,10,12H,1-2,4-7,9H2. The van der Waals surface area contributed by atoms with Gasteiger partial charge >= 0.3 is 0 Å². The number of thiophene rings is 1. The van der Waals surface area contributed by atoms with Crippen LogP contribution in [-0.4, -0.2) is 36.0 Å². The van der Waals surface area contributed by atoms with Crippen LogP contribution < -0.4 is 0 Å². The minimum absolute atomic E-state index is 0.483. The van der Waals surface area contributed by atoms with Crippen molar-refractivity contribution in [1.82, 2.24) is 4.90 Å². The maximum Gasteiger partial charge on any atom is 0.0599 e. The Morgan fingerprint density at radius 3 is 2.88 bits per heavy atom. The molecule has 90 valence electrons. The fraction of sp³-hybridized carbons (Fsp3) is 0.667. The minimum Gasteiger partial charge on any atom is -0.377 e. The summed E-state index contributed by atoms with van der Waals surface area (Å²) < 4.78 is 5.74. The monoisotopic (exact) mass is 303 g/mol. The average Bonchev–Trinajstić information content (AvgIpc) is 2.81. The predicted molar refractivity (Wildman–Crippen MR) is 72.4 cm³/mol. The van der Waals surface area contributed by atoms with Crippen molar-refractivity contribution in [1.29, 1.82) is 0 Å². The van der Waals surface area contributed by atoms with E-state index in [4.69, 9.17) is 4.74 Å². The van der Waals surface area contributed by atoms with E-state index in [2.05, 4.69) is 37.7 Å². The highest BCUT2D eigenvalue weighted by Crippen LogP contribution is 2.17. The zero-order valence-corrected chi connectivity index (χ0v) is 11.8. The van der Waals surface area contributed by atoms with Crippen LogP contribution >= 0.6 is 27.3 Å². The summed E-state index contributed by atoms with van der Waals surface area (Å²) in [6.07, 6.45) is 2.84. The number of piperidine rings is 1. The van der Waals surface area contributed by atoms with Crippen LogP contribution in [0.1, 0.15) is 18.4 Å². The Bertz CT molecular complexity index is 283. The van der Waals surface area contributed by atoms with Crippen LogP contribution in [0.5, 0.6) is 0 Å². The van der Waals surface area contributed by atoms with E-state index in [1.807, 2.05) is 0 Å². The van der Waals surface area contributed by atoms with E-state index in [1.165, 1.54) is 31.5 Å². The number of hydrogen-bond acceptors (Lipinski definition) is 3. The number of ether oxygens (including phenoxy) is 1. The van der Waals surface area contributed by atoms with Gasteiger partial charge < -0.3 is 4.74 Å². The average molecular weight is 304 g/mol. The second kappa shape index (κ2) is 6.74. The molecule has 2 heterocycles. The molecular formula is C12H18BrNOS. The summed E-state index contributed by atoms with van der Waals surface area (Å²) >= 11 is 5.18. The van der Waals surface area contributed by atoms with Gasteiger partial charge in [0, 0.05) is 25.0 Å². The number of hydrogen-bond donors (Lipinski definition) is 0. The minimum atomic E-state index is 0.483. The van der Waals surface area contributed by atoms with Crippen molar-refractivity contribution in [2.75, 3.05) is 25.0 Å². The van der Waals surface area contributed by atoms with E-state index in [-0.39, 0.29) is 0 Å². The third-order valence-electron chi connectivity index (χ3n) is 2.95. The van der Waals surface area contributed by atoms with E-state index < -0.39 is 0 Å². The Kier molecular flexibility index (Phi) is 5.29. The summed E-state index contributed by atoms with van der Waals surface area (Å²) in [5.41, 5.74) is 1.45.